The van der Waals surface area contributed by atoms with Crippen molar-refractivity contribution in [2.75, 3.05) is 0 Å². The van der Waals surface area contributed by atoms with Crippen LogP contribution in [-0.2, 0) is 6.42 Å². The van der Waals surface area contributed by atoms with Crippen LogP contribution >= 0.6 is 0 Å². The van der Waals surface area contributed by atoms with Gasteiger partial charge in [-0.25, -0.2) is 4.39 Å². The van der Waals surface area contributed by atoms with Crippen LogP contribution in [0, 0.1) is 15.9 Å². The predicted octanol–water partition coefficient (Wildman–Crippen LogP) is 3.24. The van der Waals surface area contributed by atoms with Gasteiger partial charge in [0.1, 0.15) is 12.0 Å². The Labute approximate surface area is 141 Å². The standard InChI is InChI=1S/C16H13FN4O4/c1-10(24-13-3-2-8-18-15(13)21(22)23)16-19-14(20-25-16)9-11-4-6-12(17)7-5-11/h2-8,10H,9H2,1H3. The zero-order valence-corrected chi connectivity index (χ0v) is 13.1. The molecule has 0 radical (unpaired) electrons. The van der Waals surface area contributed by atoms with Gasteiger partial charge in [-0.15, -0.1) is 0 Å². The first-order valence-electron chi connectivity index (χ1n) is 7.36. The number of halogens is 1. The minimum Gasteiger partial charge on any atom is -0.473 e. The van der Waals surface area contributed by atoms with E-state index in [0.717, 1.165) is 5.56 Å². The Morgan fingerprint density at radius 1 is 1.32 bits per heavy atom. The minimum absolute atomic E-state index is 0.0123. The molecule has 0 aliphatic carbocycles. The van der Waals surface area contributed by atoms with Crippen LogP contribution in [0.5, 0.6) is 5.75 Å². The van der Waals surface area contributed by atoms with E-state index in [1.165, 1.54) is 30.5 Å². The second-order valence-electron chi connectivity index (χ2n) is 5.19. The van der Waals surface area contributed by atoms with Gasteiger partial charge in [-0.3, -0.25) is 0 Å². The first-order valence-corrected chi connectivity index (χ1v) is 7.36. The lowest BCUT2D eigenvalue weighted by Gasteiger charge is -2.09. The minimum atomic E-state index is -0.697. The summed E-state index contributed by atoms with van der Waals surface area (Å²) in [5.74, 6) is -0.121. The second-order valence-corrected chi connectivity index (χ2v) is 5.19. The highest BCUT2D eigenvalue weighted by molar-refractivity contribution is 5.38. The van der Waals surface area contributed by atoms with Crippen molar-refractivity contribution in [3.8, 4) is 5.75 Å². The summed E-state index contributed by atoms with van der Waals surface area (Å²) in [5, 5.41) is 14.8. The zero-order chi connectivity index (χ0) is 17.8. The van der Waals surface area contributed by atoms with Gasteiger partial charge in [-0.05, 0) is 46.7 Å². The molecule has 0 amide bonds. The lowest BCUT2D eigenvalue weighted by atomic mass is 10.1. The summed E-state index contributed by atoms with van der Waals surface area (Å²) in [5.41, 5.74) is 0.824. The van der Waals surface area contributed by atoms with Crippen molar-refractivity contribution in [1.29, 1.82) is 0 Å². The number of aromatic nitrogens is 3. The Morgan fingerprint density at radius 2 is 2.08 bits per heavy atom. The fourth-order valence-electron chi connectivity index (χ4n) is 2.14. The molecule has 2 aromatic heterocycles. The van der Waals surface area contributed by atoms with E-state index < -0.39 is 11.0 Å². The predicted molar refractivity (Wildman–Crippen MR) is 83.4 cm³/mol. The van der Waals surface area contributed by atoms with Gasteiger partial charge in [0.25, 0.3) is 5.89 Å². The topological polar surface area (TPSA) is 104 Å². The van der Waals surface area contributed by atoms with Crippen LogP contribution in [0.15, 0.2) is 47.1 Å². The Kier molecular flexibility index (Phi) is 4.64. The normalized spacial score (nSPS) is 11.9. The molecule has 0 aliphatic rings. The summed E-state index contributed by atoms with van der Waals surface area (Å²) < 4.78 is 23.6. The molecule has 0 fully saturated rings. The van der Waals surface area contributed by atoms with E-state index in [1.54, 1.807) is 19.1 Å². The van der Waals surface area contributed by atoms with Crippen LogP contribution in [-0.4, -0.2) is 20.0 Å². The summed E-state index contributed by atoms with van der Waals surface area (Å²) >= 11 is 0. The Bertz CT molecular complexity index is 882. The lowest BCUT2D eigenvalue weighted by Crippen LogP contribution is -2.06. The maximum absolute atomic E-state index is 12.9. The summed E-state index contributed by atoms with van der Waals surface area (Å²) in [6, 6.07) is 8.93. The molecule has 1 unspecified atom stereocenters. The molecule has 1 aromatic carbocycles. The van der Waals surface area contributed by atoms with Crippen molar-refractivity contribution in [3.05, 3.63) is 75.8 Å². The van der Waals surface area contributed by atoms with E-state index >= 15 is 0 Å². The Morgan fingerprint density at radius 3 is 2.80 bits per heavy atom. The molecule has 9 heteroatoms. The van der Waals surface area contributed by atoms with E-state index in [9.17, 15) is 14.5 Å². The van der Waals surface area contributed by atoms with E-state index in [4.69, 9.17) is 9.26 Å². The molecule has 0 saturated carbocycles. The van der Waals surface area contributed by atoms with Crippen LogP contribution in [0.3, 0.4) is 0 Å². The number of hydrogen-bond acceptors (Lipinski definition) is 7. The van der Waals surface area contributed by atoms with Gasteiger partial charge in [0, 0.05) is 6.42 Å². The van der Waals surface area contributed by atoms with E-state index in [-0.39, 0.29) is 23.3 Å². The highest BCUT2D eigenvalue weighted by Gasteiger charge is 2.22. The number of nitro groups is 1. The highest BCUT2D eigenvalue weighted by atomic mass is 19.1. The maximum atomic E-state index is 12.9. The third kappa shape index (κ3) is 3.94. The number of ether oxygens (including phenoxy) is 1. The fraction of sp³-hybridized carbons (Fsp3) is 0.188. The molecule has 0 spiro atoms. The van der Waals surface area contributed by atoms with Crippen LogP contribution in [0.25, 0.3) is 0 Å². The van der Waals surface area contributed by atoms with Crippen molar-refractivity contribution in [1.82, 2.24) is 15.1 Å². The third-order valence-corrected chi connectivity index (χ3v) is 3.33. The van der Waals surface area contributed by atoms with Crippen LogP contribution < -0.4 is 4.74 Å². The third-order valence-electron chi connectivity index (χ3n) is 3.33. The molecule has 1 atom stereocenters. The fourth-order valence-corrected chi connectivity index (χ4v) is 2.14. The molecule has 0 N–H and O–H groups in total. The van der Waals surface area contributed by atoms with Gasteiger partial charge in [0.2, 0.25) is 5.75 Å². The summed E-state index contributed by atoms with van der Waals surface area (Å²) in [4.78, 5) is 18.2. The van der Waals surface area contributed by atoms with E-state index in [1.807, 2.05) is 0 Å². The molecule has 25 heavy (non-hydrogen) atoms. The first-order chi connectivity index (χ1) is 12.0. The van der Waals surface area contributed by atoms with Crippen molar-refractivity contribution in [3.63, 3.8) is 0 Å². The summed E-state index contributed by atoms with van der Waals surface area (Å²) in [6.45, 7) is 1.63. The van der Waals surface area contributed by atoms with Crippen LogP contribution in [0.1, 0.15) is 30.3 Å². The number of nitrogens with zero attached hydrogens (tertiary/aromatic N) is 4. The Hall–Kier alpha value is -3.36. The second kappa shape index (κ2) is 7.04. The van der Waals surface area contributed by atoms with Crippen molar-refractivity contribution in [2.24, 2.45) is 0 Å². The number of benzene rings is 1. The molecular formula is C16H13FN4O4. The first kappa shape index (κ1) is 16.5. The molecule has 0 aliphatic heterocycles. The number of pyridine rings is 1. The van der Waals surface area contributed by atoms with Crippen LogP contribution in [0.4, 0.5) is 10.2 Å². The molecule has 8 nitrogen and oxygen atoms in total. The average molecular weight is 344 g/mol. The molecule has 128 valence electrons. The van der Waals surface area contributed by atoms with Gasteiger partial charge < -0.3 is 19.4 Å². The average Bonchev–Trinajstić information content (AvgIpc) is 3.06. The SMILES string of the molecule is CC(Oc1cccnc1[N+](=O)[O-])c1nc(Cc2ccc(F)cc2)no1. The quantitative estimate of drug-likeness (QED) is 0.499. The zero-order valence-electron chi connectivity index (χ0n) is 13.1. The molecule has 3 aromatic rings. The summed E-state index contributed by atoms with van der Waals surface area (Å²) in [7, 11) is 0. The monoisotopic (exact) mass is 344 g/mol. The number of rotatable bonds is 6. The number of hydrogen-bond donors (Lipinski definition) is 0. The van der Waals surface area contributed by atoms with Crippen molar-refractivity contribution in [2.45, 2.75) is 19.4 Å². The van der Waals surface area contributed by atoms with E-state index in [0.29, 0.717) is 12.2 Å². The highest BCUT2D eigenvalue weighted by Crippen LogP contribution is 2.28. The van der Waals surface area contributed by atoms with Gasteiger partial charge >= 0.3 is 5.82 Å². The van der Waals surface area contributed by atoms with Gasteiger partial charge in [-0.2, -0.15) is 4.98 Å². The molecule has 0 saturated heterocycles. The van der Waals surface area contributed by atoms with Crippen LogP contribution in [0.2, 0.25) is 0 Å². The molecule has 3 rings (SSSR count). The molecule has 2 heterocycles. The van der Waals surface area contributed by atoms with Crippen molar-refractivity contribution < 1.29 is 18.6 Å². The smallest absolute Gasteiger partial charge is 0.406 e. The van der Waals surface area contributed by atoms with E-state index in [2.05, 4.69) is 15.1 Å². The molecule has 0 bridgehead atoms. The largest absolute Gasteiger partial charge is 0.473 e. The molecular weight excluding hydrogens is 331 g/mol. The van der Waals surface area contributed by atoms with Gasteiger partial charge in [0.15, 0.2) is 11.9 Å². The maximum Gasteiger partial charge on any atom is 0.406 e. The summed E-state index contributed by atoms with van der Waals surface area (Å²) in [6.07, 6.45) is 0.976. The lowest BCUT2D eigenvalue weighted by molar-refractivity contribution is -0.390. The van der Waals surface area contributed by atoms with Gasteiger partial charge in [-0.1, -0.05) is 17.3 Å². The van der Waals surface area contributed by atoms with Gasteiger partial charge in [0.05, 0.1) is 0 Å². The van der Waals surface area contributed by atoms with Crippen molar-refractivity contribution >= 4 is 5.82 Å². The Balaban J connectivity index is 1.71.